The van der Waals surface area contributed by atoms with E-state index in [1.165, 1.54) is 4.70 Å². The van der Waals surface area contributed by atoms with Crippen LogP contribution in [0.3, 0.4) is 0 Å². The molecule has 1 aliphatic rings. The molecule has 0 aliphatic carbocycles. The Kier molecular flexibility index (Phi) is 3.82. The number of nitrogens with zero attached hydrogens (tertiary/aromatic N) is 5. The molecular weight excluding hydrogens is 358 g/mol. The van der Waals surface area contributed by atoms with Crippen LogP contribution in [0.2, 0.25) is 0 Å². The van der Waals surface area contributed by atoms with Crippen molar-refractivity contribution in [2.24, 2.45) is 7.05 Å². The van der Waals surface area contributed by atoms with E-state index in [4.69, 9.17) is 4.98 Å². The SMILES string of the molecule is Cn1cnc2cc(C(=O)N3CCN(c4nc5ccccc5s4)CC3)ccc21. The number of thiazole rings is 1. The lowest BCUT2D eigenvalue weighted by atomic mass is 10.1. The van der Waals surface area contributed by atoms with Crippen molar-refractivity contribution in [2.45, 2.75) is 0 Å². The van der Waals surface area contributed by atoms with E-state index in [1.54, 1.807) is 17.7 Å². The number of amides is 1. The minimum Gasteiger partial charge on any atom is -0.345 e. The Bertz CT molecular complexity index is 1110. The second-order valence-electron chi connectivity index (χ2n) is 6.80. The summed E-state index contributed by atoms with van der Waals surface area (Å²) in [5, 5.41) is 1.04. The Balaban J connectivity index is 1.30. The van der Waals surface area contributed by atoms with Gasteiger partial charge in [0.2, 0.25) is 0 Å². The summed E-state index contributed by atoms with van der Waals surface area (Å²) >= 11 is 1.71. The summed E-state index contributed by atoms with van der Waals surface area (Å²) in [5.41, 5.74) is 3.64. The van der Waals surface area contributed by atoms with Gasteiger partial charge in [0.1, 0.15) is 0 Å². The highest BCUT2D eigenvalue weighted by atomic mass is 32.1. The Labute approximate surface area is 160 Å². The topological polar surface area (TPSA) is 54.3 Å². The Morgan fingerprint density at radius 1 is 1.04 bits per heavy atom. The number of carbonyl (C=O) groups excluding carboxylic acids is 1. The third-order valence-electron chi connectivity index (χ3n) is 5.09. The zero-order chi connectivity index (χ0) is 18.4. The van der Waals surface area contributed by atoms with Gasteiger partial charge in [-0.05, 0) is 30.3 Å². The number of anilines is 1. The van der Waals surface area contributed by atoms with Crippen LogP contribution in [0.4, 0.5) is 5.13 Å². The van der Waals surface area contributed by atoms with E-state index in [9.17, 15) is 4.79 Å². The summed E-state index contributed by atoms with van der Waals surface area (Å²) in [6, 6.07) is 13.9. The van der Waals surface area contributed by atoms with Crippen molar-refractivity contribution in [1.82, 2.24) is 19.4 Å². The van der Waals surface area contributed by atoms with Crippen molar-refractivity contribution in [2.75, 3.05) is 31.1 Å². The Morgan fingerprint density at radius 2 is 1.85 bits per heavy atom. The third-order valence-corrected chi connectivity index (χ3v) is 6.19. The standard InChI is InChI=1S/C20H19N5OS/c1-23-13-21-16-12-14(6-7-17(16)23)19(26)24-8-10-25(11-9-24)20-22-15-4-2-3-5-18(15)27-20/h2-7,12-13H,8-11H2,1H3. The lowest BCUT2D eigenvalue weighted by molar-refractivity contribution is 0.0747. The molecule has 136 valence electrons. The predicted octanol–water partition coefficient (Wildman–Crippen LogP) is 3.15. The fraction of sp³-hybridized carbons (Fsp3) is 0.250. The van der Waals surface area contributed by atoms with Crippen molar-refractivity contribution in [3.63, 3.8) is 0 Å². The van der Waals surface area contributed by atoms with Crippen LogP contribution in [0, 0.1) is 0 Å². The van der Waals surface area contributed by atoms with Gasteiger partial charge in [-0.2, -0.15) is 0 Å². The monoisotopic (exact) mass is 377 g/mol. The zero-order valence-electron chi connectivity index (χ0n) is 15.0. The molecule has 0 N–H and O–H groups in total. The van der Waals surface area contributed by atoms with Crippen LogP contribution in [0.1, 0.15) is 10.4 Å². The van der Waals surface area contributed by atoms with Gasteiger partial charge in [0, 0.05) is 38.8 Å². The molecule has 0 bridgehead atoms. The van der Waals surface area contributed by atoms with Gasteiger partial charge in [-0.3, -0.25) is 4.79 Å². The summed E-state index contributed by atoms with van der Waals surface area (Å²) in [6.07, 6.45) is 1.77. The number of aryl methyl sites for hydroxylation is 1. The van der Waals surface area contributed by atoms with Crippen molar-refractivity contribution < 1.29 is 4.79 Å². The van der Waals surface area contributed by atoms with E-state index in [0.29, 0.717) is 18.7 Å². The highest BCUT2D eigenvalue weighted by Crippen LogP contribution is 2.29. The minimum absolute atomic E-state index is 0.0755. The predicted molar refractivity (Wildman–Crippen MR) is 108 cm³/mol. The highest BCUT2D eigenvalue weighted by molar-refractivity contribution is 7.22. The van der Waals surface area contributed by atoms with Gasteiger partial charge in [-0.25, -0.2) is 9.97 Å². The number of fused-ring (bicyclic) bond motifs is 2. The molecule has 5 rings (SSSR count). The van der Waals surface area contributed by atoms with Gasteiger partial charge in [0.05, 0.1) is 27.6 Å². The fourth-order valence-electron chi connectivity index (χ4n) is 3.55. The minimum atomic E-state index is 0.0755. The summed E-state index contributed by atoms with van der Waals surface area (Å²) in [4.78, 5) is 26.2. The largest absolute Gasteiger partial charge is 0.345 e. The molecule has 2 aromatic carbocycles. The number of piperazine rings is 1. The van der Waals surface area contributed by atoms with Crippen LogP contribution >= 0.6 is 11.3 Å². The van der Waals surface area contributed by atoms with Crippen molar-refractivity contribution in [3.8, 4) is 0 Å². The number of carbonyl (C=O) groups is 1. The molecule has 1 fully saturated rings. The molecule has 0 radical (unpaired) electrons. The first-order valence-electron chi connectivity index (χ1n) is 9.00. The van der Waals surface area contributed by atoms with Gasteiger partial charge in [0.25, 0.3) is 5.91 Å². The summed E-state index contributed by atoms with van der Waals surface area (Å²) in [6.45, 7) is 3.01. The lowest BCUT2D eigenvalue weighted by Gasteiger charge is -2.34. The summed E-state index contributed by atoms with van der Waals surface area (Å²) in [5.74, 6) is 0.0755. The van der Waals surface area contributed by atoms with Gasteiger partial charge >= 0.3 is 0 Å². The highest BCUT2D eigenvalue weighted by Gasteiger charge is 2.24. The molecule has 1 saturated heterocycles. The maximum absolute atomic E-state index is 12.9. The van der Waals surface area contributed by atoms with Crippen LogP contribution in [0.15, 0.2) is 48.8 Å². The molecule has 0 saturated carbocycles. The number of aromatic nitrogens is 3. The normalized spacial score (nSPS) is 15.0. The van der Waals surface area contributed by atoms with E-state index in [1.807, 2.05) is 52.9 Å². The number of imidazole rings is 1. The molecule has 27 heavy (non-hydrogen) atoms. The van der Waals surface area contributed by atoms with Crippen LogP contribution in [-0.4, -0.2) is 51.5 Å². The fourth-order valence-corrected chi connectivity index (χ4v) is 4.57. The molecule has 1 amide bonds. The van der Waals surface area contributed by atoms with Crippen molar-refractivity contribution >= 4 is 43.6 Å². The lowest BCUT2D eigenvalue weighted by Crippen LogP contribution is -2.48. The van der Waals surface area contributed by atoms with E-state index in [2.05, 4.69) is 16.0 Å². The first kappa shape index (κ1) is 16.3. The first-order valence-corrected chi connectivity index (χ1v) is 9.81. The molecule has 0 atom stereocenters. The molecular formula is C20H19N5OS. The van der Waals surface area contributed by atoms with Crippen molar-refractivity contribution in [3.05, 3.63) is 54.4 Å². The van der Waals surface area contributed by atoms with Gasteiger partial charge < -0.3 is 14.4 Å². The van der Waals surface area contributed by atoms with Crippen LogP contribution < -0.4 is 4.90 Å². The number of benzene rings is 2. The molecule has 0 spiro atoms. The molecule has 7 heteroatoms. The molecule has 3 heterocycles. The van der Waals surface area contributed by atoms with E-state index in [0.717, 1.165) is 34.8 Å². The van der Waals surface area contributed by atoms with Crippen LogP contribution in [-0.2, 0) is 7.05 Å². The number of rotatable bonds is 2. The van der Waals surface area contributed by atoms with E-state index < -0.39 is 0 Å². The number of hydrogen-bond acceptors (Lipinski definition) is 5. The smallest absolute Gasteiger partial charge is 0.254 e. The zero-order valence-corrected chi connectivity index (χ0v) is 15.8. The Hall–Kier alpha value is -2.93. The number of hydrogen-bond donors (Lipinski definition) is 0. The average Bonchev–Trinajstić information content (AvgIpc) is 3.31. The van der Waals surface area contributed by atoms with Crippen molar-refractivity contribution in [1.29, 1.82) is 0 Å². The maximum Gasteiger partial charge on any atom is 0.254 e. The Morgan fingerprint density at radius 3 is 2.67 bits per heavy atom. The molecule has 6 nitrogen and oxygen atoms in total. The van der Waals surface area contributed by atoms with E-state index >= 15 is 0 Å². The molecule has 1 aliphatic heterocycles. The molecule has 4 aromatic rings. The summed E-state index contributed by atoms with van der Waals surface area (Å²) in [7, 11) is 1.96. The second-order valence-corrected chi connectivity index (χ2v) is 7.81. The van der Waals surface area contributed by atoms with E-state index in [-0.39, 0.29) is 5.91 Å². The quantitative estimate of drug-likeness (QED) is 0.539. The second kappa shape index (κ2) is 6.35. The van der Waals surface area contributed by atoms with Gasteiger partial charge in [0.15, 0.2) is 5.13 Å². The van der Waals surface area contributed by atoms with Crippen LogP contribution in [0.5, 0.6) is 0 Å². The first-order chi connectivity index (χ1) is 13.2. The average molecular weight is 377 g/mol. The van der Waals surface area contributed by atoms with Gasteiger partial charge in [-0.1, -0.05) is 23.5 Å². The molecule has 2 aromatic heterocycles. The molecule has 0 unspecified atom stereocenters. The van der Waals surface area contributed by atoms with Gasteiger partial charge in [-0.15, -0.1) is 0 Å². The summed E-state index contributed by atoms with van der Waals surface area (Å²) < 4.78 is 3.16. The third kappa shape index (κ3) is 2.84. The number of para-hydroxylation sites is 1. The van der Waals surface area contributed by atoms with Crippen LogP contribution in [0.25, 0.3) is 21.3 Å². The maximum atomic E-state index is 12.9.